The Morgan fingerprint density at radius 1 is 0.576 bits per heavy atom. The van der Waals surface area contributed by atoms with E-state index in [1.165, 1.54) is 37.7 Å². The van der Waals surface area contributed by atoms with Gasteiger partial charge in [-0.1, -0.05) is 72.8 Å². The maximum Gasteiger partial charge on any atom is 0.143 e. The summed E-state index contributed by atoms with van der Waals surface area (Å²) in [4.78, 5) is 0. The molecule has 0 aliphatic heterocycles. The van der Waals surface area contributed by atoms with Crippen LogP contribution in [0.15, 0.2) is 108 Å². The molecular formula is C31H20O2. The Hall–Kier alpha value is -4.30. The van der Waals surface area contributed by atoms with Crippen molar-refractivity contribution >= 4 is 54.3 Å². The van der Waals surface area contributed by atoms with Gasteiger partial charge in [-0.3, -0.25) is 0 Å². The fourth-order valence-electron chi connectivity index (χ4n) is 5.12. The molecule has 0 N–H and O–H groups in total. The molecule has 1 heterocycles. The van der Waals surface area contributed by atoms with Crippen LogP contribution in [0.2, 0.25) is 0 Å². The van der Waals surface area contributed by atoms with E-state index < -0.39 is 0 Å². The Kier molecular flexibility index (Phi) is 3.80. The van der Waals surface area contributed by atoms with Gasteiger partial charge < -0.3 is 9.15 Å². The molecule has 0 amide bonds. The summed E-state index contributed by atoms with van der Waals surface area (Å²) in [6, 6.07) is 36.4. The zero-order chi connectivity index (χ0) is 21.9. The summed E-state index contributed by atoms with van der Waals surface area (Å²) in [5.41, 5.74) is 4.12. The van der Waals surface area contributed by atoms with E-state index in [2.05, 4.69) is 97.1 Å². The summed E-state index contributed by atoms with van der Waals surface area (Å²) in [6.45, 7) is 0. The molecule has 2 nitrogen and oxygen atoms in total. The van der Waals surface area contributed by atoms with E-state index in [1.807, 2.05) is 6.07 Å². The molecule has 0 aliphatic carbocycles. The van der Waals surface area contributed by atoms with Gasteiger partial charge in [0, 0.05) is 16.3 Å². The van der Waals surface area contributed by atoms with E-state index in [1.54, 1.807) is 7.11 Å². The van der Waals surface area contributed by atoms with Crippen LogP contribution in [-0.4, -0.2) is 7.11 Å². The van der Waals surface area contributed by atoms with E-state index in [-0.39, 0.29) is 0 Å². The standard InChI is InChI=1S/C31H20O2/c1-32-24-14-12-20-16-23(11-10-21(20)17-24)27-18-22-7-3-5-9-26(22)30-29-25-8-4-2-6-19(25)13-15-28(29)33-31(27)30/h2-18H,1H3. The fourth-order valence-corrected chi connectivity index (χ4v) is 5.12. The minimum atomic E-state index is 0.868. The van der Waals surface area contributed by atoms with Gasteiger partial charge in [-0.25, -0.2) is 0 Å². The van der Waals surface area contributed by atoms with Gasteiger partial charge in [-0.05, 0) is 68.2 Å². The first-order valence-corrected chi connectivity index (χ1v) is 11.1. The van der Waals surface area contributed by atoms with Gasteiger partial charge in [-0.15, -0.1) is 0 Å². The minimum Gasteiger partial charge on any atom is -0.497 e. The third-order valence-electron chi connectivity index (χ3n) is 6.71. The molecule has 7 aromatic rings. The molecule has 0 saturated carbocycles. The minimum absolute atomic E-state index is 0.868. The Morgan fingerprint density at radius 3 is 2.12 bits per heavy atom. The third-order valence-corrected chi connectivity index (χ3v) is 6.71. The lowest BCUT2D eigenvalue weighted by molar-refractivity contribution is 0.415. The van der Waals surface area contributed by atoms with Crippen LogP contribution in [0.25, 0.3) is 65.4 Å². The second-order valence-electron chi connectivity index (χ2n) is 8.54. The first-order chi connectivity index (χ1) is 16.3. The lowest BCUT2D eigenvalue weighted by atomic mass is 9.94. The second kappa shape index (κ2) is 6.85. The van der Waals surface area contributed by atoms with Crippen molar-refractivity contribution in [2.75, 3.05) is 7.11 Å². The highest BCUT2D eigenvalue weighted by Gasteiger charge is 2.18. The molecule has 6 aromatic carbocycles. The molecule has 33 heavy (non-hydrogen) atoms. The van der Waals surface area contributed by atoms with Crippen molar-refractivity contribution in [1.29, 1.82) is 0 Å². The lowest BCUT2D eigenvalue weighted by Gasteiger charge is -2.09. The van der Waals surface area contributed by atoms with Crippen molar-refractivity contribution in [2.45, 2.75) is 0 Å². The highest BCUT2D eigenvalue weighted by molar-refractivity contribution is 6.28. The molecule has 0 saturated heterocycles. The normalized spacial score (nSPS) is 11.8. The van der Waals surface area contributed by atoms with Gasteiger partial charge in [0.15, 0.2) is 0 Å². The van der Waals surface area contributed by atoms with Crippen molar-refractivity contribution in [3.05, 3.63) is 103 Å². The van der Waals surface area contributed by atoms with Crippen LogP contribution in [0.3, 0.4) is 0 Å². The van der Waals surface area contributed by atoms with Crippen LogP contribution in [0, 0.1) is 0 Å². The lowest BCUT2D eigenvalue weighted by Crippen LogP contribution is -1.85. The molecule has 0 fully saturated rings. The van der Waals surface area contributed by atoms with Crippen molar-refractivity contribution in [3.63, 3.8) is 0 Å². The topological polar surface area (TPSA) is 22.4 Å². The Labute approximate surface area is 190 Å². The second-order valence-corrected chi connectivity index (χ2v) is 8.54. The Bertz CT molecular complexity index is 1860. The molecule has 0 atom stereocenters. The smallest absolute Gasteiger partial charge is 0.143 e. The summed E-state index contributed by atoms with van der Waals surface area (Å²) in [5, 5.41) is 9.59. The van der Waals surface area contributed by atoms with Crippen LogP contribution in [0.5, 0.6) is 5.75 Å². The summed E-state index contributed by atoms with van der Waals surface area (Å²) in [7, 11) is 1.70. The highest BCUT2D eigenvalue weighted by Crippen LogP contribution is 2.43. The summed E-state index contributed by atoms with van der Waals surface area (Å²) < 4.78 is 12.0. The Morgan fingerprint density at radius 2 is 1.27 bits per heavy atom. The van der Waals surface area contributed by atoms with Gasteiger partial charge in [0.1, 0.15) is 16.9 Å². The molecule has 0 unspecified atom stereocenters. The van der Waals surface area contributed by atoms with Crippen LogP contribution >= 0.6 is 0 Å². The van der Waals surface area contributed by atoms with Gasteiger partial charge in [-0.2, -0.15) is 0 Å². The average molecular weight is 424 g/mol. The molecule has 1 aromatic heterocycles. The van der Waals surface area contributed by atoms with Gasteiger partial charge in [0.2, 0.25) is 0 Å². The summed E-state index contributed by atoms with van der Waals surface area (Å²) >= 11 is 0. The van der Waals surface area contributed by atoms with Crippen molar-refractivity contribution < 1.29 is 9.15 Å². The first kappa shape index (κ1) is 18.3. The predicted molar refractivity (Wildman–Crippen MR) is 138 cm³/mol. The monoisotopic (exact) mass is 424 g/mol. The van der Waals surface area contributed by atoms with Crippen LogP contribution in [-0.2, 0) is 0 Å². The van der Waals surface area contributed by atoms with Crippen LogP contribution in [0.4, 0.5) is 0 Å². The van der Waals surface area contributed by atoms with Crippen molar-refractivity contribution in [2.24, 2.45) is 0 Å². The number of rotatable bonds is 2. The van der Waals surface area contributed by atoms with Crippen molar-refractivity contribution in [3.8, 4) is 16.9 Å². The van der Waals surface area contributed by atoms with E-state index >= 15 is 0 Å². The van der Waals surface area contributed by atoms with Crippen molar-refractivity contribution in [1.82, 2.24) is 0 Å². The van der Waals surface area contributed by atoms with Gasteiger partial charge in [0.05, 0.1) is 7.11 Å². The third kappa shape index (κ3) is 2.68. The molecule has 0 aliphatic rings. The van der Waals surface area contributed by atoms with E-state index in [0.29, 0.717) is 0 Å². The zero-order valence-electron chi connectivity index (χ0n) is 18.1. The first-order valence-electron chi connectivity index (χ1n) is 11.1. The van der Waals surface area contributed by atoms with Gasteiger partial charge >= 0.3 is 0 Å². The maximum atomic E-state index is 6.58. The highest BCUT2D eigenvalue weighted by atomic mass is 16.5. The van der Waals surface area contributed by atoms with E-state index in [9.17, 15) is 0 Å². The Balaban J connectivity index is 1.62. The molecular weight excluding hydrogens is 404 g/mol. The van der Waals surface area contributed by atoms with Crippen LogP contribution in [0.1, 0.15) is 0 Å². The van der Waals surface area contributed by atoms with Crippen LogP contribution < -0.4 is 4.74 Å². The molecule has 0 bridgehead atoms. The van der Waals surface area contributed by atoms with E-state index in [4.69, 9.17) is 9.15 Å². The number of hydrogen-bond acceptors (Lipinski definition) is 2. The summed E-state index contributed by atoms with van der Waals surface area (Å²) in [6.07, 6.45) is 0. The average Bonchev–Trinajstić information content (AvgIpc) is 3.28. The number of benzene rings is 6. The molecule has 7 rings (SSSR count). The quantitative estimate of drug-likeness (QED) is 0.277. The predicted octanol–water partition coefficient (Wildman–Crippen LogP) is 8.72. The molecule has 0 spiro atoms. The number of methoxy groups -OCH3 is 1. The molecule has 156 valence electrons. The maximum absolute atomic E-state index is 6.58. The van der Waals surface area contributed by atoms with Gasteiger partial charge in [0.25, 0.3) is 0 Å². The number of fused-ring (bicyclic) bond motifs is 8. The SMILES string of the molecule is COc1ccc2cc(-c3cc4ccccc4c4c3oc3ccc5ccccc5c34)ccc2c1. The number of furan rings is 1. The molecule has 0 radical (unpaired) electrons. The largest absolute Gasteiger partial charge is 0.497 e. The van der Waals surface area contributed by atoms with E-state index in [0.717, 1.165) is 33.4 Å². The summed E-state index contributed by atoms with van der Waals surface area (Å²) in [5.74, 6) is 0.868. The number of hydrogen-bond donors (Lipinski definition) is 0. The molecule has 2 heteroatoms. The number of ether oxygens (including phenoxy) is 1. The zero-order valence-corrected chi connectivity index (χ0v) is 18.1. The fraction of sp³-hybridized carbons (Fsp3) is 0.0323.